The fourth-order valence-corrected chi connectivity index (χ4v) is 8.06. The van der Waals surface area contributed by atoms with E-state index < -0.39 is 0 Å². The maximum absolute atomic E-state index is 13.9. The van der Waals surface area contributed by atoms with Crippen molar-refractivity contribution < 1.29 is 9.59 Å². The molecule has 1 unspecified atom stereocenters. The molecule has 0 aromatic rings. The average molecular weight is 754 g/mol. The van der Waals surface area contributed by atoms with Gasteiger partial charge in [0, 0.05) is 19.5 Å². The normalized spacial score (nSPS) is 14.6. The second-order valence-corrected chi connectivity index (χ2v) is 16.8. The smallest absolute Gasteiger partial charge is 0.243 e. The summed E-state index contributed by atoms with van der Waals surface area (Å²) >= 11 is 0. The Morgan fingerprint density at radius 3 is 1.63 bits per heavy atom. The lowest BCUT2D eigenvalue weighted by molar-refractivity contribution is -0.143. The summed E-state index contributed by atoms with van der Waals surface area (Å²) < 4.78 is 0. The molecule has 0 aromatic carbocycles. The van der Waals surface area contributed by atoms with Crippen molar-refractivity contribution in [2.45, 2.75) is 225 Å². The number of nitrogens with one attached hydrogen (secondary N) is 1. The number of amides is 2. The Balaban J connectivity index is 2.42. The Bertz CT molecular complexity index is 935. The van der Waals surface area contributed by atoms with Gasteiger partial charge < -0.3 is 15.1 Å². The largest absolute Gasteiger partial charge is 0.354 e. The van der Waals surface area contributed by atoms with Crippen LogP contribution in [-0.4, -0.2) is 61.4 Å². The standard InChI is InChI=1S/C49H91N3O2/c1-5-7-9-11-13-15-17-19-21-23-25-27-29-31-33-38-43-50-49(54)48(46-40-35-34-36-41-46)52(45-39-44-51(3)4)47(53)42-37-32-30-28-26-24-22-20-18-16-14-12-10-8-6-2/h8,10,14,16,20,22,46,48H,5-7,9,11-13,15,17-19,21,23-45H2,1-4H3,(H,50,54)/b10-8-,16-14-,22-20-. The molecule has 0 radical (unpaired) electrons. The van der Waals surface area contributed by atoms with Gasteiger partial charge in [0.15, 0.2) is 0 Å². The van der Waals surface area contributed by atoms with E-state index in [1.807, 2.05) is 4.90 Å². The van der Waals surface area contributed by atoms with E-state index >= 15 is 0 Å². The van der Waals surface area contributed by atoms with Crippen LogP contribution in [0.3, 0.4) is 0 Å². The van der Waals surface area contributed by atoms with Gasteiger partial charge in [0.1, 0.15) is 6.04 Å². The van der Waals surface area contributed by atoms with Crippen molar-refractivity contribution in [3.63, 3.8) is 0 Å². The number of nitrogens with zero attached hydrogens (tertiary/aromatic N) is 2. The van der Waals surface area contributed by atoms with Crippen LogP contribution in [0, 0.1) is 5.92 Å². The predicted octanol–water partition coefficient (Wildman–Crippen LogP) is 13.7. The minimum atomic E-state index is -0.310. The molecule has 1 N–H and O–H groups in total. The van der Waals surface area contributed by atoms with Crippen LogP contribution in [0.1, 0.15) is 219 Å². The van der Waals surface area contributed by atoms with Gasteiger partial charge in [-0.25, -0.2) is 0 Å². The van der Waals surface area contributed by atoms with Gasteiger partial charge in [0.2, 0.25) is 11.8 Å². The molecule has 0 spiro atoms. The zero-order chi connectivity index (χ0) is 39.2. The van der Waals surface area contributed by atoms with E-state index in [0.29, 0.717) is 13.0 Å². The summed E-state index contributed by atoms with van der Waals surface area (Å²) in [6.45, 7) is 6.82. The van der Waals surface area contributed by atoms with Gasteiger partial charge in [-0.05, 0) is 90.8 Å². The van der Waals surface area contributed by atoms with Gasteiger partial charge >= 0.3 is 0 Å². The van der Waals surface area contributed by atoms with Gasteiger partial charge in [-0.1, -0.05) is 185 Å². The third kappa shape index (κ3) is 29.4. The number of carbonyl (C=O) groups is 2. The van der Waals surface area contributed by atoms with Crippen LogP contribution >= 0.6 is 0 Å². The lowest BCUT2D eigenvalue weighted by Crippen LogP contribution is -2.54. The summed E-state index contributed by atoms with van der Waals surface area (Å²) in [6, 6.07) is -0.310. The van der Waals surface area contributed by atoms with Gasteiger partial charge in [-0.2, -0.15) is 0 Å². The van der Waals surface area contributed by atoms with Crippen LogP contribution in [0.15, 0.2) is 36.5 Å². The second-order valence-electron chi connectivity index (χ2n) is 16.8. The van der Waals surface area contributed by atoms with E-state index in [4.69, 9.17) is 0 Å². The molecule has 0 saturated heterocycles. The molecule has 54 heavy (non-hydrogen) atoms. The van der Waals surface area contributed by atoms with E-state index in [2.05, 4.69) is 74.6 Å². The lowest BCUT2D eigenvalue weighted by atomic mass is 9.82. The first kappa shape index (κ1) is 50.1. The molecule has 1 fully saturated rings. The molecule has 5 nitrogen and oxygen atoms in total. The Morgan fingerprint density at radius 1 is 0.574 bits per heavy atom. The Morgan fingerprint density at radius 2 is 1.07 bits per heavy atom. The Labute approximate surface area is 337 Å². The Hall–Kier alpha value is -1.88. The van der Waals surface area contributed by atoms with Crippen LogP contribution in [-0.2, 0) is 9.59 Å². The van der Waals surface area contributed by atoms with Crippen molar-refractivity contribution in [3.05, 3.63) is 36.5 Å². The van der Waals surface area contributed by atoms with E-state index in [0.717, 1.165) is 77.3 Å². The molecule has 1 aliphatic carbocycles. The number of unbranched alkanes of at least 4 members (excludes halogenated alkanes) is 20. The number of hydrogen-bond acceptors (Lipinski definition) is 3. The first-order chi connectivity index (χ1) is 26.5. The third-order valence-corrected chi connectivity index (χ3v) is 11.4. The summed E-state index contributed by atoms with van der Waals surface area (Å²) in [5.41, 5.74) is 0. The molecule has 1 atom stereocenters. The second kappa shape index (κ2) is 38.0. The molecule has 2 amide bonds. The highest BCUT2D eigenvalue weighted by Crippen LogP contribution is 2.30. The average Bonchev–Trinajstić information content (AvgIpc) is 3.17. The highest BCUT2D eigenvalue weighted by Gasteiger charge is 2.36. The van der Waals surface area contributed by atoms with E-state index in [9.17, 15) is 9.59 Å². The number of allylic oxidation sites excluding steroid dienone is 6. The molecule has 314 valence electrons. The fraction of sp³-hybridized carbons (Fsp3) is 0.837. The summed E-state index contributed by atoms with van der Waals surface area (Å²) in [4.78, 5) is 32.0. The SMILES string of the molecule is CC/C=C\C/C=C\C/C=C\CCCCCCCC(=O)N(CCCN(C)C)C(C(=O)NCCCCCCCCCCCCCCCCCC)C1CCCCC1. The minimum Gasteiger partial charge on any atom is -0.354 e. The lowest BCUT2D eigenvalue weighted by Gasteiger charge is -2.38. The van der Waals surface area contributed by atoms with Crippen LogP contribution in [0.2, 0.25) is 0 Å². The summed E-state index contributed by atoms with van der Waals surface area (Å²) in [7, 11) is 4.19. The zero-order valence-corrected chi connectivity index (χ0v) is 36.6. The van der Waals surface area contributed by atoms with Gasteiger partial charge in [0.25, 0.3) is 0 Å². The molecule has 1 rings (SSSR count). The number of rotatable bonds is 37. The van der Waals surface area contributed by atoms with Crippen molar-refractivity contribution in [2.75, 3.05) is 33.7 Å². The van der Waals surface area contributed by atoms with E-state index in [1.165, 1.54) is 135 Å². The first-order valence-corrected chi connectivity index (χ1v) is 23.7. The van der Waals surface area contributed by atoms with E-state index in [1.54, 1.807) is 0 Å². The number of hydrogen-bond donors (Lipinski definition) is 1. The van der Waals surface area contributed by atoms with Crippen LogP contribution in [0.25, 0.3) is 0 Å². The highest BCUT2D eigenvalue weighted by molar-refractivity contribution is 5.88. The molecule has 1 saturated carbocycles. The maximum atomic E-state index is 13.9. The first-order valence-electron chi connectivity index (χ1n) is 23.7. The topological polar surface area (TPSA) is 52.7 Å². The monoisotopic (exact) mass is 754 g/mol. The summed E-state index contributed by atoms with van der Waals surface area (Å²) in [5.74, 6) is 0.593. The summed E-state index contributed by atoms with van der Waals surface area (Å²) in [6.07, 6.45) is 52.3. The molecule has 0 aliphatic heterocycles. The maximum Gasteiger partial charge on any atom is 0.243 e. The Kier molecular flexibility index (Phi) is 35.3. The fourth-order valence-electron chi connectivity index (χ4n) is 8.06. The van der Waals surface area contributed by atoms with Crippen LogP contribution in [0.4, 0.5) is 0 Å². The summed E-state index contributed by atoms with van der Waals surface area (Å²) in [5, 5.41) is 3.33. The van der Waals surface area contributed by atoms with Crippen molar-refractivity contribution in [2.24, 2.45) is 5.92 Å². The van der Waals surface area contributed by atoms with Crippen molar-refractivity contribution >= 4 is 11.8 Å². The molecule has 5 heteroatoms. The molecule has 0 bridgehead atoms. The van der Waals surface area contributed by atoms with Crippen LogP contribution in [0.5, 0.6) is 0 Å². The van der Waals surface area contributed by atoms with Crippen LogP contribution < -0.4 is 5.32 Å². The molecule has 1 aliphatic rings. The van der Waals surface area contributed by atoms with Crippen molar-refractivity contribution in [1.82, 2.24) is 15.1 Å². The van der Waals surface area contributed by atoms with Crippen molar-refractivity contribution in [1.29, 1.82) is 0 Å². The van der Waals surface area contributed by atoms with Gasteiger partial charge in [0.05, 0.1) is 0 Å². The third-order valence-electron chi connectivity index (χ3n) is 11.4. The molecule has 0 aromatic heterocycles. The minimum absolute atomic E-state index is 0.109. The van der Waals surface area contributed by atoms with Gasteiger partial charge in [-0.15, -0.1) is 0 Å². The zero-order valence-electron chi connectivity index (χ0n) is 36.6. The molecular formula is C49H91N3O2. The van der Waals surface area contributed by atoms with Gasteiger partial charge in [-0.3, -0.25) is 9.59 Å². The molecule has 0 heterocycles. The van der Waals surface area contributed by atoms with E-state index in [-0.39, 0.29) is 23.8 Å². The predicted molar refractivity (Wildman–Crippen MR) is 237 cm³/mol. The van der Waals surface area contributed by atoms with Crippen molar-refractivity contribution in [3.8, 4) is 0 Å². The molecular weight excluding hydrogens is 663 g/mol. The number of carbonyl (C=O) groups excluding carboxylic acids is 2. The quantitative estimate of drug-likeness (QED) is 0.0508. The highest BCUT2D eigenvalue weighted by atomic mass is 16.2.